The Labute approximate surface area is 125 Å². The lowest BCUT2D eigenvalue weighted by Gasteiger charge is -2.05. The fraction of sp³-hybridized carbons (Fsp3) is 0.438. The van der Waals surface area contributed by atoms with Crippen LogP contribution in [0.2, 0.25) is 0 Å². The van der Waals surface area contributed by atoms with E-state index in [2.05, 4.69) is 43.2 Å². The summed E-state index contributed by atoms with van der Waals surface area (Å²) in [5, 5.41) is 4.52. The average molecular weight is 290 g/mol. The molecule has 0 saturated heterocycles. The minimum atomic E-state index is 0.491. The van der Waals surface area contributed by atoms with Gasteiger partial charge in [-0.15, -0.1) is 11.3 Å². The highest BCUT2D eigenvalue weighted by Crippen LogP contribution is 2.29. The normalized spacial score (nSPS) is 11.1. The molecule has 20 heavy (non-hydrogen) atoms. The van der Waals surface area contributed by atoms with E-state index in [1.807, 2.05) is 19.1 Å². The molecular formula is C16H22N2OS. The Kier molecular flexibility index (Phi) is 5.15. The van der Waals surface area contributed by atoms with Crippen LogP contribution in [0.5, 0.6) is 5.75 Å². The summed E-state index contributed by atoms with van der Waals surface area (Å²) in [4.78, 5) is 5.98. The molecule has 1 aromatic carbocycles. The Bertz CT molecular complexity index is 546. The Morgan fingerprint density at radius 1 is 1.25 bits per heavy atom. The highest BCUT2D eigenvalue weighted by molar-refractivity contribution is 7.15. The number of nitrogens with one attached hydrogen (secondary N) is 1. The molecule has 0 unspecified atom stereocenters. The fourth-order valence-corrected chi connectivity index (χ4v) is 2.89. The van der Waals surface area contributed by atoms with Gasteiger partial charge in [-0.3, -0.25) is 0 Å². The minimum absolute atomic E-state index is 0.491. The third kappa shape index (κ3) is 3.81. The van der Waals surface area contributed by atoms with Gasteiger partial charge in [0.15, 0.2) is 0 Å². The lowest BCUT2D eigenvalue weighted by atomic mass is 10.2. The second-order valence-electron chi connectivity index (χ2n) is 5.02. The van der Waals surface area contributed by atoms with Crippen LogP contribution in [0.25, 0.3) is 10.6 Å². The SMILES string of the molecule is CCOc1ccc(-c2nc(C)c(CNC(C)C)s2)cc1. The van der Waals surface area contributed by atoms with E-state index in [4.69, 9.17) is 4.74 Å². The Morgan fingerprint density at radius 3 is 2.55 bits per heavy atom. The average Bonchev–Trinajstić information content (AvgIpc) is 2.79. The smallest absolute Gasteiger partial charge is 0.123 e. The van der Waals surface area contributed by atoms with Crippen molar-refractivity contribution in [1.82, 2.24) is 10.3 Å². The molecule has 3 nitrogen and oxygen atoms in total. The van der Waals surface area contributed by atoms with Crippen LogP contribution >= 0.6 is 11.3 Å². The number of ether oxygens (including phenoxy) is 1. The lowest BCUT2D eigenvalue weighted by Crippen LogP contribution is -2.21. The maximum Gasteiger partial charge on any atom is 0.123 e. The molecule has 2 rings (SSSR count). The molecule has 0 amide bonds. The largest absolute Gasteiger partial charge is 0.494 e. The first-order valence-corrected chi connectivity index (χ1v) is 7.84. The molecule has 0 atom stereocenters. The standard InChI is InChI=1S/C16H22N2OS/c1-5-19-14-8-6-13(7-9-14)16-18-12(4)15(20-16)10-17-11(2)3/h6-9,11,17H,5,10H2,1-4H3. The highest BCUT2D eigenvalue weighted by atomic mass is 32.1. The summed E-state index contributed by atoms with van der Waals surface area (Å²) in [6.07, 6.45) is 0. The maximum atomic E-state index is 5.46. The zero-order valence-electron chi connectivity index (χ0n) is 12.6. The maximum absolute atomic E-state index is 5.46. The summed E-state index contributed by atoms with van der Waals surface area (Å²) >= 11 is 1.76. The van der Waals surface area contributed by atoms with Gasteiger partial charge in [0.1, 0.15) is 10.8 Å². The molecule has 0 radical (unpaired) electrons. The molecule has 4 heteroatoms. The van der Waals surface area contributed by atoms with Crippen molar-refractivity contribution >= 4 is 11.3 Å². The number of aromatic nitrogens is 1. The molecular weight excluding hydrogens is 268 g/mol. The van der Waals surface area contributed by atoms with Crippen LogP contribution in [0.4, 0.5) is 0 Å². The zero-order valence-corrected chi connectivity index (χ0v) is 13.4. The van der Waals surface area contributed by atoms with Crippen molar-refractivity contribution < 1.29 is 4.74 Å². The van der Waals surface area contributed by atoms with Gasteiger partial charge in [0.05, 0.1) is 12.3 Å². The molecule has 1 heterocycles. The lowest BCUT2D eigenvalue weighted by molar-refractivity contribution is 0.340. The Morgan fingerprint density at radius 2 is 1.95 bits per heavy atom. The monoisotopic (exact) mass is 290 g/mol. The van der Waals surface area contributed by atoms with Gasteiger partial charge in [-0.2, -0.15) is 0 Å². The highest BCUT2D eigenvalue weighted by Gasteiger charge is 2.09. The molecule has 0 fully saturated rings. The van der Waals surface area contributed by atoms with Crippen LogP contribution in [-0.4, -0.2) is 17.6 Å². The summed E-state index contributed by atoms with van der Waals surface area (Å²) in [5.74, 6) is 0.909. The van der Waals surface area contributed by atoms with Gasteiger partial charge in [-0.05, 0) is 38.1 Å². The van der Waals surface area contributed by atoms with Gasteiger partial charge in [-0.1, -0.05) is 13.8 Å². The summed E-state index contributed by atoms with van der Waals surface area (Å²) in [6, 6.07) is 8.64. The van der Waals surface area contributed by atoms with Crippen molar-refractivity contribution in [2.75, 3.05) is 6.61 Å². The first kappa shape index (κ1) is 15.0. The van der Waals surface area contributed by atoms with Crippen LogP contribution in [0.1, 0.15) is 31.3 Å². The quantitative estimate of drug-likeness (QED) is 0.872. The molecule has 108 valence electrons. The van der Waals surface area contributed by atoms with Gasteiger partial charge < -0.3 is 10.1 Å². The van der Waals surface area contributed by atoms with Crippen molar-refractivity contribution in [2.24, 2.45) is 0 Å². The number of nitrogens with zero attached hydrogens (tertiary/aromatic N) is 1. The topological polar surface area (TPSA) is 34.1 Å². The van der Waals surface area contributed by atoms with Gasteiger partial charge >= 0.3 is 0 Å². The van der Waals surface area contributed by atoms with Crippen LogP contribution in [0.15, 0.2) is 24.3 Å². The zero-order chi connectivity index (χ0) is 14.5. The number of hydrogen-bond acceptors (Lipinski definition) is 4. The molecule has 0 bridgehead atoms. The Hall–Kier alpha value is -1.39. The van der Waals surface area contributed by atoms with Crippen LogP contribution in [0, 0.1) is 6.92 Å². The molecule has 2 aromatic rings. The van der Waals surface area contributed by atoms with Crippen molar-refractivity contribution in [3.05, 3.63) is 34.8 Å². The van der Waals surface area contributed by atoms with E-state index in [-0.39, 0.29) is 0 Å². The molecule has 0 aliphatic heterocycles. The third-order valence-corrected chi connectivity index (χ3v) is 4.18. The number of hydrogen-bond donors (Lipinski definition) is 1. The van der Waals surface area contributed by atoms with E-state index in [1.165, 1.54) is 4.88 Å². The third-order valence-electron chi connectivity index (χ3n) is 2.98. The summed E-state index contributed by atoms with van der Waals surface area (Å²) in [7, 11) is 0. The number of benzene rings is 1. The van der Waals surface area contributed by atoms with E-state index in [0.29, 0.717) is 12.6 Å². The predicted octanol–water partition coefficient (Wildman–Crippen LogP) is 4.02. The van der Waals surface area contributed by atoms with E-state index >= 15 is 0 Å². The van der Waals surface area contributed by atoms with Gasteiger partial charge in [0.25, 0.3) is 0 Å². The van der Waals surface area contributed by atoms with Gasteiger partial charge in [-0.25, -0.2) is 4.98 Å². The van der Waals surface area contributed by atoms with Crippen molar-refractivity contribution in [1.29, 1.82) is 0 Å². The molecule has 0 aliphatic carbocycles. The van der Waals surface area contributed by atoms with E-state index in [1.54, 1.807) is 11.3 Å². The first-order valence-electron chi connectivity index (χ1n) is 7.03. The Balaban J connectivity index is 2.14. The molecule has 0 spiro atoms. The van der Waals surface area contributed by atoms with Crippen LogP contribution in [-0.2, 0) is 6.54 Å². The minimum Gasteiger partial charge on any atom is -0.494 e. The number of rotatable bonds is 6. The number of thiazole rings is 1. The molecule has 1 N–H and O–H groups in total. The molecule has 0 aliphatic rings. The summed E-state index contributed by atoms with van der Waals surface area (Å²) in [5.41, 5.74) is 2.27. The van der Waals surface area contributed by atoms with Gasteiger partial charge in [0, 0.05) is 23.0 Å². The van der Waals surface area contributed by atoms with Gasteiger partial charge in [0.2, 0.25) is 0 Å². The van der Waals surface area contributed by atoms with E-state index < -0.39 is 0 Å². The molecule has 1 aromatic heterocycles. The number of aryl methyl sites for hydroxylation is 1. The van der Waals surface area contributed by atoms with Crippen LogP contribution < -0.4 is 10.1 Å². The van der Waals surface area contributed by atoms with E-state index in [9.17, 15) is 0 Å². The first-order chi connectivity index (χ1) is 9.60. The summed E-state index contributed by atoms with van der Waals surface area (Å²) in [6.45, 7) is 9.96. The van der Waals surface area contributed by atoms with E-state index in [0.717, 1.165) is 28.6 Å². The van der Waals surface area contributed by atoms with Crippen molar-refractivity contribution in [3.63, 3.8) is 0 Å². The fourth-order valence-electron chi connectivity index (χ4n) is 1.87. The van der Waals surface area contributed by atoms with Crippen molar-refractivity contribution in [3.8, 4) is 16.3 Å². The second-order valence-corrected chi connectivity index (χ2v) is 6.10. The van der Waals surface area contributed by atoms with Crippen molar-refractivity contribution in [2.45, 2.75) is 40.3 Å². The molecule has 0 saturated carbocycles. The second kappa shape index (κ2) is 6.86. The summed E-state index contributed by atoms with van der Waals surface area (Å²) < 4.78 is 5.46. The predicted molar refractivity (Wildman–Crippen MR) is 85.4 cm³/mol. The van der Waals surface area contributed by atoms with Crippen LogP contribution in [0.3, 0.4) is 0 Å².